The third-order valence-corrected chi connectivity index (χ3v) is 4.56. The van der Waals surface area contributed by atoms with Gasteiger partial charge in [-0.15, -0.1) is 0 Å². The highest BCUT2D eigenvalue weighted by molar-refractivity contribution is 5.94. The normalized spacial score (nSPS) is 15.9. The number of amides is 2. The van der Waals surface area contributed by atoms with E-state index in [0.29, 0.717) is 13.0 Å². The minimum absolute atomic E-state index is 0.0331. The van der Waals surface area contributed by atoms with E-state index in [1.807, 2.05) is 42.2 Å². The van der Waals surface area contributed by atoms with Crippen LogP contribution in [0.5, 0.6) is 0 Å². The second-order valence-corrected chi connectivity index (χ2v) is 6.45. The number of nitrogens with one attached hydrogen (secondary N) is 2. The maximum absolute atomic E-state index is 12.5. The van der Waals surface area contributed by atoms with Crippen LogP contribution in [-0.2, 0) is 9.59 Å². The number of rotatable bonds is 8. The first-order chi connectivity index (χ1) is 12.1. The summed E-state index contributed by atoms with van der Waals surface area (Å²) in [4.78, 5) is 28.9. The molecule has 0 spiro atoms. The first-order valence-electron chi connectivity index (χ1n) is 9.20. The van der Waals surface area contributed by atoms with Crippen LogP contribution in [0.2, 0.25) is 0 Å². The number of hydrogen-bond acceptors (Lipinski definition) is 4. The molecule has 1 atom stereocenters. The van der Waals surface area contributed by atoms with Gasteiger partial charge in [0.15, 0.2) is 0 Å². The van der Waals surface area contributed by atoms with E-state index in [1.54, 1.807) is 0 Å². The SMILES string of the molecule is CCCN(CCC(=O)N1CCNCC1)C(C)C(=O)Nc1ccccc1. The number of hydrogen-bond donors (Lipinski definition) is 2. The van der Waals surface area contributed by atoms with Crippen LogP contribution >= 0.6 is 0 Å². The van der Waals surface area contributed by atoms with Crippen LogP contribution < -0.4 is 10.6 Å². The maximum atomic E-state index is 12.5. The minimum atomic E-state index is -0.268. The lowest BCUT2D eigenvalue weighted by molar-refractivity contribution is -0.132. The van der Waals surface area contributed by atoms with E-state index in [1.165, 1.54) is 0 Å². The number of carbonyl (C=O) groups is 2. The van der Waals surface area contributed by atoms with Crippen molar-refractivity contribution in [1.29, 1.82) is 0 Å². The van der Waals surface area contributed by atoms with Gasteiger partial charge < -0.3 is 15.5 Å². The molecule has 2 amide bonds. The van der Waals surface area contributed by atoms with Gasteiger partial charge in [0.2, 0.25) is 11.8 Å². The quantitative estimate of drug-likeness (QED) is 0.750. The molecule has 2 N–H and O–H groups in total. The van der Waals surface area contributed by atoms with E-state index in [-0.39, 0.29) is 17.9 Å². The lowest BCUT2D eigenvalue weighted by Crippen LogP contribution is -2.48. The Morgan fingerprint density at radius 1 is 1.20 bits per heavy atom. The van der Waals surface area contributed by atoms with Crippen LogP contribution in [0.3, 0.4) is 0 Å². The average molecular weight is 346 g/mol. The second-order valence-electron chi connectivity index (χ2n) is 6.45. The summed E-state index contributed by atoms with van der Waals surface area (Å²) in [7, 11) is 0. The van der Waals surface area contributed by atoms with Crippen LogP contribution in [-0.4, -0.2) is 66.9 Å². The van der Waals surface area contributed by atoms with Crippen molar-refractivity contribution in [3.05, 3.63) is 30.3 Å². The van der Waals surface area contributed by atoms with E-state index in [0.717, 1.165) is 44.8 Å². The van der Waals surface area contributed by atoms with Gasteiger partial charge in [-0.25, -0.2) is 0 Å². The summed E-state index contributed by atoms with van der Waals surface area (Å²) in [6.45, 7) is 8.68. The van der Waals surface area contributed by atoms with Crippen molar-refractivity contribution in [2.45, 2.75) is 32.7 Å². The Hall–Kier alpha value is -1.92. The Bertz CT molecular complexity index is 544. The second kappa shape index (κ2) is 10.2. The molecule has 0 aromatic heterocycles. The van der Waals surface area contributed by atoms with Gasteiger partial charge >= 0.3 is 0 Å². The molecule has 1 saturated heterocycles. The molecule has 1 aliphatic heterocycles. The fourth-order valence-electron chi connectivity index (χ4n) is 3.03. The average Bonchev–Trinajstić information content (AvgIpc) is 2.65. The lowest BCUT2D eigenvalue weighted by Gasteiger charge is -2.30. The summed E-state index contributed by atoms with van der Waals surface area (Å²) in [5.74, 6) is 0.146. The topological polar surface area (TPSA) is 64.7 Å². The molecule has 1 aromatic carbocycles. The largest absolute Gasteiger partial charge is 0.340 e. The smallest absolute Gasteiger partial charge is 0.241 e. The zero-order valence-electron chi connectivity index (χ0n) is 15.3. The Labute approximate surface area is 150 Å². The summed E-state index contributed by atoms with van der Waals surface area (Å²) in [5, 5.41) is 6.20. The van der Waals surface area contributed by atoms with E-state index in [9.17, 15) is 9.59 Å². The van der Waals surface area contributed by atoms with E-state index in [4.69, 9.17) is 0 Å². The van der Waals surface area contributed by atoms with Gasteiger partial charge in [-0.05, 0) is 32.0 Å². The van der Waals surface area contributed by atoms with Crippen molar-refractivity contribution in [2.24, 2.45) is 0 Å². The van der Waals surface area contributed by atoms with Crippen LogP contribution in [0.15, 0.2) is 30.3 Å². The lowest BCUT2D eigenvalue weighted by atomic mass is 10.2. The van der Waals surface area contributed by atoms with Gasteiger partial charge in [0.05, 0.1) is 6.04 Å². The molecule has 0 radical (unpaired) electrons. The van der Waals surface area contributed by atoms with Crippen LogP contribution in [0.1, 0.15) is 26.7 Å². The first kappa shape index (κ1) is 19.4. The Morgan fingerprint density at radius 2 is 1.88 bits per heavy atom. The van der Waals surface area contributed by atoms with Gasteiger partial charge in [-0.3, -0.25) is 14.5 Å². The molecule has 6 heteroatoms. The number of benzene rings is 1. The zero-order valence-corrected chi connectivity index (χ0v) is 15.3. The van der Waals surface area contributed by atoms with Crippen molar-refractivity contribution in [3.8, 4) is 0 Å². The van der Waals surface area contributed by atoms with Crippen molar-refractivity contribution >= 4 is 17.5 Å². The summed E-state index contributed by atoms with van der Waals surface area (Å²) in [6, 6.07) is 9.21. The molecule has 25 heavy (non-hydrogen) atoms. The number of anilines is 1. The van der Waals surface area contributed by atoms with E-state index < -0.39 is 0 Å². The van der Waals surface area contributed by atoms with Gasteiger partial charge in [-0.2, -0.15) is 0 Å². The maximum Gasteiger partial charge on any atom is 0.241 e. The highest BCUT2D eigenvalue weighted by Crippen LogP contribution is 2.10. The van der Waals surface area contributed by atoms with Gasteiger partial charge in [0.1, 0.15) is 0 Å². The molecule has 0 bridgehead atoms. The Balaban J connectivity index is 1.87. The predicted molar refractivity (Wildman–Crippen MR) is 100 cm³/mol. The molecule has 138 valence electrons. The Morgan fingerprint density at radius 3 is 2.52 bits per heavy atom. The van der Waals surface area contributed by atoms with Crippen LogP contribution in [0, 0.1) is 0 Å². The third-order valence-electron chi connectivity index (χ3n) is 4.56. The van der Waals surface area contributed by atoms with Crippen LogP contribution in [0.25, 0.3) is 0 Å². The molecular weight excluding hydrogens is 316 g/mol. The van der Waals surface area contributed by atoms with Gasteiger partial charge in [-0.1, -0.05) is 25.1 Å². The molecule has 1 fully saturated rings. The summed E-state index contributed by atoms with van der Waals surface area (Å²) in [6.07, 6.45) is 1.41. The monoisotopic (exact) mass is 346 g/mol. The molecule has 1 aliphatic rings. The highest BCUT2D eigenvalue weighted by Gasteiger charge is 2.23. The van der Waals surface area contributed by atoms with E-state index >= 15 is 0 Å². The summed E-state index contributed by atoms with van der Waals surface area (Å²) >= 11 is 0. The number of carbonyl (C=O) groups excluding carboxylic acids is 2. The summed E-state index contributed by atoms with van der Waals surface area (Å²) < 4.78 is 0. The fraction of sp³-hybridized carbons (Fsp3) is 0.579. The van der Waals surface area contributed by atoms with Crippen molar-refractivity contribution in [1.82, 2.24) is 15.1 Å². The molecule has 6 nitrogen and oxygen atoms in total. The number of nitrogens with zero attached hydrogens (tertiary/aromatic N) is 2. The third kappa shape index (κ3) is 6.14. The molecule has 1 unspecified atom stereocenters. The first-order valence-corrected chi connectivity index (χ1v) is 9.20. The number of para-hydroxylation sites is 1. The van der Waals surface area contributed by atoms with Gasteiger partial charge in [0, 0.05) is 44.8 Å². The van der Waals surface area contributed by atoms with Crippen molar-refractivity contribution < 1.29 is 9.59 Å². The standard InChI is InChI=1S/C19H30N4O2/c1-3-12-22(13-9-18(24)23-14-10-20-11-15-23)16(2)19(25)21-17-7-5-4-6-8-17/h4-8,16,20H,3,9-15H2,1-2H3,(H,21,25). The molecule has 1 heterocycles. The summed E-state index contributed by atoms with van der Waals surface area (Å²) in [5.41, 5.74) is 0.799. The van der Waals surface area contributed by atoms with Crippen LogP contribution in [0.4, 0.5) is 5.69 Å². The molecule has 1 aromatic rings. The van der Waals surface area contributed by atoms with Gasteiger partial charge in [0.25, 0.3) is 0 Å². The fourth-order valence-corrected chi connectivity index (χ4v) is 3.03. The molecule has 2 rings (SSSR count). The minimum Gasteiger partial charge on any atom is -0.340 e. The van der Waals surface area contributed by atoms with Crippen molar-refractivity contribution in [2.75, 3.05) is 44.6 Å². The predicted octanol–water partition coefficient (Wildman–Crippen LogP) is 1.55. The molecule has 0 saturated carbocycles. The molecule has 0 aliphatic carbocycles. The highest BCUT2D eigenvalue weighted by atomic mass is 16.2. The zero-order chi connectivity index (χ0) is 18.1. The Kier molecular flexibility index (Phi) is 7.88. The van der Waals surface area contributed by atoms with Crippen molar-refractivity contribution in [3.63, 3.8) is 0 Å². The number of piperazine rings is 1. The molecular formula is C19H30N4O2. The van der Waals surface area contributed by atoms with E-state index in [2.05, 4.69) is 22.5 Å².